The van der Waals surface area contributed by atoms with Gasteiger partial charge in [-0.3, -0.25) is 4.79 Å². The van der Waals surface area contributed by atoms with E-state index in [0.717, 1.165) is 17.3 Å². The monoisotopic (exact) mass is 390 g/mol. The molecule has 1 saturated heterocycles. The van der Waals surface area contributed by atoms with E-state index in [1.54, 1.807) is 6.07 Å². The van der Waals surface area contributed by atoms with Crippen molar-refractivity contribution in [3.63, 3.8) is 0 Å². The first kappa shape index (κ1) is 16.8. The van der Waals surface area contributed by atoms with Crippen molar-refractivity contribution in [3.05, 3.63) is 58.3 Å². The first-order valence-electron chi connectivity index (χ1n) is 7.90. The lowest BCUT2D eigenvalue weighted by Gasteiger charge is -2.33. The van der Waals surface area contributed by atoms with Crippen LogP contribution in [0.5, 0.6) is 0 Å². The quantitative estimate of drug-likeness (QED) is 0.753. The second-order valence-electron chi connectivity index (χ2n) is 5.80. The smallest absolute Gasteiger partial charge is 0.354 e. The summed E-state index contributed by atoms with van der Waals surface area (Å²) in [5.74, 6) is -0.284. The third kappa shape index (κ3) is 3.24. The van der Waals surface area contributed by atoms with Gasteiger partial charge in [-0.15, -0.1) is 0 Å². The lowest BCUT2D eigenvalue weighted by Crippen LogP contribution is -2.39. The van der Waals surface area contributed by atoms with Crippen LogP contribution in [0.15, 0.2) is 47.1 Å². The van der Waals surface area contributed by atoms with Gasteiger partial charge in [0.15, 0.2) is 0 Å². The summed E-state index contributed by atoms with van der Waals surface area (Å²) in [5, 5.41) is 0. The van der Waals surface area contributed by atoms with E-state index in [1.165, 1.54) is 7.11 Å². The van der Waals surface area contributed by atoms with Crippen molar-refractivity contribution < 1.29 is 14.3 Å². The molecule has 1 aromatic carbocycles. The van der Waals surface area contributed by atoms with Crippen molar-refractivity contribution >= 4 is 27.8 Å². The molecule has 126 valence electrons. The van der Waals surface area contributed by atoms with Crippen molar-refractivity contribution in [2.75, 3.05) is 20.2 Å². The Bertz CT molecular complexity index is 748. The zero-order chi connectivity index (χ0) is 17.1. The maximum absolute atomic E-state index is 12.7. The summed E-state index contributed by atoms with van der Waals surface area (Å²) in [4.78, 5) is 26.3. The molecule has 0 bridgehead atoms. The predicted octanol–water partition coefficient (Wildman–Crippen LogP) is 3.51. The minimum absolute atomic E-state index is 0.0432. The van der Waals surface area contributed by atoms with Crippen molar-refractivity contribution in [3.8, 4) is 0 Å². The Morgan fingerprint density at radius 2 is 1.83 bits per heavy atom. The van der Waals surface area contributed by atoms with Crippen LogP contribution in [0.2, 0.25) is 0 Å². The van der Waals surface area contributed by atoms with Gasteiger partial charge in [-0.25, -0.2) is 4.79 Å². The zero-order valence-corrected chi connectivity index (χ0v) is 15.0. The molecule has 3 rings (SSSR count). The van der Waals surface area contributed by atoms with Crippen LogP contribution in [0.3, 0.4) is 0 Å². The number of esters is 1. The highest BCUT2D eigenvalue weighted by Crippen LogP contribution is 2.27. The summed E-state index contributed by atoms with van der Waals surface area (Å²) in [6, 6.07) is 11.3. The van der Waals surface area contributed by atoms with Crippen LogP contribution in [-0.2, 0) is 4.74 Å². The number of amides is 1. The Balaban J connectivity index is 1.68. The third-order valence-electron chi connectivity index (χ3n) is 4.42. The summed E-state index contributed by atoms with van der Waals surface area (Å²) >= 11 is 3.44. The van der Waals surface area contributed by atoms with E-state index >= 15 is 0 Å². The van der Waals surface area contributed by atoms with Gasteiger partial charge in [0.2, 0.25) is 0 Å². The van der Waals surface area contributed by atoms with E-state index in [4.69, 9.17) is 4.74 Å². The molecule has 0 spiro atoms. The standard InChI is InChI=1S/C18H19BrN2O3/c1-24-18(23)16-7-4-10-21(16)13-8-11-20(12-9-13)17(22)14-5-2-3-6-15(14)19/h2-7,10,13H,8-9,11-12H2,1H3. The van der Waals surface area contributed by atoms with Gasteiger partial charge in [-0.2, -0.15) is 0 Å². The average molecular weight is 391 g/mol. The molecule has 1 aliphatic rings. The highest BCUT2D eigenvalue weighted by atomic mass is 79.9. The minimum Gasteiger partial charge on any atom is -0.464 e. The lowest BCUT2D eigenvalue weighted by atomic mass is 10.0. The van der Waals surface area contributed by atoms with E-state index < -0.39 is 0 Å². The summed E-state index contributed by atoms with van der Waals surface area (Å²) in [7, 11) is 1.39. The second kappa shape index (κ2) is 7.21. The Labute approximate surface area is 149 Å². The van der Waals surface area contributed by atoms with Crippen LogP contribution in [0.1, 0.15) is 39.7 Å². The van der Waals surface area contributed by atoms with E-state index in [9.17, 15) is 9.59 Å². The number of hydrogen-bond donors (Lipinski definition) is 0. The number of ether oxygens (including phenoxy) is 1. The molecule has 0 radical (unpaired) electrons. The Hall–Kier alpha value is -2.08. The molecular formula is C18H19BrN2O3. The van der Waals surface area contributed by atoms with Crippen LogP contribution >= 0.6 is 15.9 Å². The zero-order valence-electron chi connectivity index (χ0n) is 13.4. The topological polar surface area (TPSA) is 51.5 Å². The third-order valence-corrected chi connectivity index (χ3v) is 5.11. The lowest BCUT2D eigenvalue weighted by molar-refractivity contribution is 0.0573. The van der Waals surface area contributed by atoms with Gasteiger partial charge < -0.3 is 14.2 Å². The molecule has 0 aliphatic carbocycles. The fourth-order valence-corrected chi connectivity index (χ4v) is 3.60. The van der Waals surface area contributed by atoms with Gasteiger partial charge >= 0.3 is 5.97 Å². The molecule has 0 N–H and O–H groups in total. The predicted molar refractivity (Wildman–Crippen MR) is 94.1 cm³/mol. The molecule has 6 heteroatoms. The first-order valence-corrected chi connectivity index (χ1v) is 8.70. The number of aromatic nitrogens is 1. The molecule has 2 aromatic rings. The molecular weight excluding hydrogens is 372 g/mol. The Morgan fingerprint density at radius 1 is 1.12 bits per heavy atom. The maximum atomic E-state index is 12.7. The molecule has 1 aliphatic heterocycles. The summed E-state index contributed by atoms with van der Waals surface area (Å²) in [6.45, 7) is 1.34. The van der Waals surface area contributed by atoms with Gasteiger partial charge in [-0.05, 0) is 53.0 Å². The molecule has 1 aromatic heterocycles. The van der Waals surface area contributed by atoms with Crippen molar-refractivity contribution in [2.24, 2.45) is 0 Å². The number of piperidine rings is 1. The second-order valence-corrected chi connectivity index (χ2v) is 6.65. The van der Waals surface area contributed by atoms with Gasteiger partial charge in [0, 0.05) is 29.8 Å². The number of hydrogen-bond acceptors (Lipinski definition) is 3. The number of carbonyl (C=O) groups excluding carboxylic acids is 2. The van der Waals surface area contributed by atoms with E-state index in [0.29, 0.717) is 24.3 Å². The number of nitrogens with zero attached hydrogens (tertiary/aromatic N) is 2. The largest absolute Gasteiger partial charge is 0.464 e. The molecule has 5 nitrogen and oxygen atoms in total. The Morgan fingerprint density at radius 3 is 2.50 bits per heavy atom. The van der Waals surface area contributed by atoms with Crippen LogP contribution in [0.25, 0.3) is 0 Å². The van der Waals surface area contributed by atoms with Gasteiger partial charge in [0.1, 0.15) is 5.69 Å². The number of benzene rings is 1. The van der Waals surface area contributed by atoms with E-state index in [1.807, 2.05) is 46.0 Å². The average Bonchev–Trinajstić information content (AvgIpc) is 3.11. The van der Waals surface area contributed by atoms with E-state index in [-0.39, 0.29) is 17.9 Å². The van der Waals surface area contributed by atoms with E-state index in [2.05, 4.69) is 15.9 Å². The number of likely N-dealkylation sites (tertiary alicyclic amines) is 1. The normalized spacial score (nSPS) is 15.3. The molecule has 24 heavy (non-hydrogen) atoms. The maximum Gasteiger partial charge on any atom is 0.354 e. The molecule has 1 amide bonds. The minimum atomic E-state index is -0.327. The fraction of sp³-hybridized carbons (Fsp3) is 0.333. The van der Waals surface area contributed by atoms with Crippen molar-refractivity contribution in [1.29, 1.82) is 0 Å². The number of methoxy groups -OCH3 is 1. The Kier molecular flexibility index (Phi) is 5.04. The van der Waals surface area contributed by atoms with Crippen LogP contribution in [0.4, 0.5) is 0 Å². The molecule has 2 heterocycles. The summed E-state index contributed by atoms with van der Waals surface area (Å²) in [6.07, 6.45) is 3.53. The van der Waals surface area contributed by atoms with Gasteiger partial charge in [0.25, 0.3) is 5.91 Å². The summed E-state index contributed by atoms with van der Waals surface area (Å²) in [5.41, 5.74) is 1.25. The summed E-state index contributed by atoms with van der Waals surface area (Å²) < 4.78 is 7.61. The highest BCUT2D eigenvalue weighted by molar-refractivity contribution is 9.10. The van der Waals surface area contributed by atoms with Crippen LogP contribution in [0, 0.1) is 0 Å². The highest BCUT2D eigenvalue weighted by Gasteiger charge is 2.27. The first-order chi connectivity index (χ1) is 11.6. The fourth-order valence-electron chi connectivity index (χ4n) is 3.14. The van der Waals surface area contributed by atoms with Crippen LogP contribution < -0.4 is 0 Å². The van der Waals surface area contributed by atoms with Crippen molar-refractivity contribution in [1.82, 2.24) is 9.47 Å². The molecule has 1 fully saturated rings. The molecule has 0 atom stereocenters. The van der Waals surface area contributed by atoms with Crippen LogP contribution in [-0.4, -0.2) is 41.5 Å². The van der Waals surface area contributed by atoms with Gasteiger partial charge in [0.05, 0.1) is 12.7 Å². The SMILES string of the molecule is COC(=O)c1cccn1C1CCN(C(=O)c2ccccc2Br)CC1. The molecule has 0 saturated carbocycles. The van der Waals surface area contributed by atoms with Gasteiger partial charge in [-0.1, -0.05) is 12.1 Å². The molecule has 0 unspecified atom stereocenters. The number of carbonyl (C=O) groups is 2. The number of rotatable bonds is 3. The van der Waals surface area contributed by atoms with Crippen molar-refractivity contribution in [2.45, 2.75) is 18.9 Å². The number of halogens is 1.